The molecule has 0 aromatic rings. The van der Waals surface area contributed by atoms with E-state index in [1.165, 1.54) is 25.7 Å². The molecule has 3 N–H and O–H groups in total. The molecular weight excluding hydrogens is 188 g/mol. The summed E-state index contributed by atoms with van der Waals surface area (Å²) in [6.07, 6.45) is 5.32. The summed E-state index contributed by atoms with van der Waals surface area (Å²) in [5.41, 5.74) is 5.43. The Balaban J connectivity index is 1.93. The zero-order valence-corrected chi connectivity index (χ0v) is 9.70. The Hall–Kier alpha value is -0.570. The highest BCUT2D eigenvalue weighted by Gasteiger charge is 2.43. The molecule has 2 saturated carbocycles. The summed E-state index contributed by atoms with van der Waals surface area (Å²) in [5, 5.41) is 3.50. The van der Waals surface area contributed by atoms with Crippen molar-refractivity contribution in [3.8, 4) is 0 Å². The molecule has 0 aromatic carbocycles. The third-order valence-corrected chi connectivity index (χ3v) is 3.60. The normalized spacial score (nSPS) is 23.5. The van der Waals surface area contributed by atoms with Gasteiger partial charge >= 0.3 is 0 Å². The number of rotatable bonds is 6. The number of nitrogens with two attached hydrogens (primary N) is 1. The van der Waals surface area contributed by atoms with Crippen LogP contribution in [0.5, 0.6) is 0 Å². The molecule has 3 heteroatoms. The van der Waals surface area contributed by atoms with Gasteiger partial charge in [0.1, 0.15) is 0 Å². The molecule has 2 aliphatic carbocycles. The minimum Gasteiger partial charge on any atom is -0.368 e. The maximum atomic E-state index is 11.3. The summed E-state index contributed by atoms with van der Waals surface area (Å²) in [7, 11) is 0. The van der Waals surface area contributed by atoms with Crippen molar-refractivity contribution in [1.82, 2.24) is 5.32 Å². The molecule has 3 nitrogen and oxygen atoms in total. The topological polar surface area (TPSA) is 55.1 Å². The van der Waals surface area contributed by atoms with E-state index in [4.69, 9.17) is 5.73 Å². The van der Waals surface area contributed by atoms with Gasteiger partial charge in [0, 0.05) is 6.04 Å². The van der Waals surface area contributed by atoms with Gasteiger partial charge in [0.2, 0.25) is 5.91 Å². The van der Waals surface area contributed by atoms with Crippen LogP contribution < -0.4 is 11.1 Å². The number of carbonyl (C=O) groups excluding carboxylic acids is 1. The molecule has 0 aromatic heterocycles. The summed E-state index contributed by atoms with van der Waals surface area (Å²) in [5.74, 6) is 1.73. The van der Waals surface area contributed by atoms with E-state index in [1.807, 2.05) is 0 Å². The maximum Gasteiger partial charge on any atom is 0.234 e. The second-order valence-electron chi connectivity index (χ2n) is 5.49. The fourth-order valence-corrected chi connectivity index (χ4v) is 2.38. The van der Waals surface area contributed by atoms with Gasteiger partial charge in [-0.3, -0.25) is 4.79 Å². The lowest BCUT2D eigenvalue weighted by Crippen LogP contribution is -2.50. The quantitative estimate of drug-likeness (QED) is 0.693. The highest BCUT2D eigenvalue weighted by atomic mass is 16.1. The summed E-state index contributed by atoms with van der Waals surface area (Å²) in [4.78, 5) is 11.3. The fourth-order valence-electron chi connectivity index (χ4n) is 2.38. The predicted molar refractivity (Wildman–Crippen MR) is 60.2 cm³/mol. The van der Waals surface area contributed by atoms with Crippen molar-refractivity contribution in [1.29, 1.82) is 0 Å². The van der Waals surface area contributed by atoms with E-state index in [0.29, 0.717) is 12.0 Å². The van der Waals surface area contributed by atoms with E-state index in [9.17, 15) is 4.79 Å². The first-order chi connectivity index (χ1) is 7.09. The molecule has 0 bridgehead atoms. The Labute approximate surface area is 91.8 Å². The summed E-state index contributed by atoms with van der Waals surface area (Å²) < 4.78 is 0. The van der Waals surface area contributed by atoms with Crippen molar-refractivity contribution in [2.24, 2.45) is 23.5 Å². The van der Waals surface area contributed by atoms with Crippen LogP contribution in [0.2, 0.25) is 0 Å². The molecular formula is C12H22N2O. The Morgan fingerprint density at radius 1 is 1.20 bits per heavy atom. The van der Waals surface area contributed by atoms with Crippen LogP contribution in [0.15, 0.2) is 0 Å². The first kappa shape index (κ1) is 10.9. The van der Waals surface area contributed by atoms with Gasteiger partial charge in [0.25, 0.3) is 0 Å². The zero-order valence-electron chi connectivity index (χ0n) is 9.70. The predicted octanol–water partition coefficient (Wildman–Crippen LogP) is 1.27. The van der Waals surface area contributed by atoms with Crippen LogP contribution >= 0.6 is 0 Å². The monoisotopic (exact) mass is 210 g/mol. The fraction of sp³-hybridized carbons (Fsp3) is 0.917. The highest BCUT2D eigenvalue weighted by molar-refractivity contribution is 5.80. The van der Waals surface area contributed by atoms with E-state index in [-0.39, 0.29) is 11.9 Å². The third kappa shape index (κ3) is 2.71. The Morgan fingerprint density at radius 2 is 1.67 bits per heavy atom. The van der Waals surface area contributed by atoms with Crippen LogP contribution in [0.4, 0.5) is 0 Å². The summed E-state index contributed by atoms with van der Waals surface area (Å²) in [6.45, 7) is 4.11. The minimum atomic E-state index is -0.198. The number of amides is 1. The molecule has 2 rings (SSSR count). The zero-order chi connectivity index (χ0) is 11.0. The van der Waals surface area contributed by atoms with Gasteiger partial charge in [-0.05, 0) is 43.4 Å². The minimum absolute atomic E-state index is 0.142. The first-order valence-electron chi connectivity index (χ1n) is 6.15. The van der Waals surface area contributed by atoms with E-state index in [0.717, 1.165) is 11.8 Å². The van der Waals surface area contributed by atoms with Crippen LogP contribution in [-0.2, 0) is 4.79 Å². The highest BCUT2D eigenvalue weighted by Crippen LogP contribution is 2.44. The molecule has 2 fully saturated rings. The molecule has 0 heterocycles. The van der Waals surface area contributed by atoms with Gasteiger partial charge in [-0.15, -0.1) is 0 Å². The van der Waals surface area contributed by atoms with Crippen molar-refractivity contribution in [3.05, 3.63) is 0 Å². The van der Waals surface area contributed by atoms with Crippen LogP contribution in [0, 0.1) is 17.8 Å². The van der Waals surface area contributed by atoms with Gasteiger partial charge < -0.3 is 11.1 Å². The van der Waals surface area contributed by atoms with E-state index < -0.39 is 0 Å². The van der Waals surface area contributed by atoms with Crippen molar-refractivity contribution in [2.45, 2.75) is 51.6 Å². The molecule has 1 amide bonds. The van der Waals surface area contributed by atoms with Crippen molar-refractivity contribution in [2.75, 3.05) is 0 Å². The van der Waals surface area contributed by atoms with Gasteiger partial charge in [-0.1, -0.05) is 13.8 Å². The second kappa shape index (κ2) is 4.12. The lowest BCUT2D eigenvalue weighted by Gasteiger charge is -2.26. The summed E-state index contributed by atoms with van der Waals surface area (Å²) >= 11 is 0. The van der Waals surface area contributed by atoms with Crippen molar-refractivity contribution < 1.29 is 4.79 Å². The van der Waals surface area contributed by atoms with Crippen LogP contribution in [0.1, 0.15) is 39.5 Å². The molecule has 0 radical (unpaired) electrons. The molecule has 1 atom stereocenters. The van der Waals surface area contributed by atoms with Crippen LogP contribution in [-0.4, -0.2) is 18.0 Å². The Bertz CT molecular complexity index is 232. The van der Waals surface area contributed by atoms with Gasteiger partial charge in [-0.2, -0.15) is 0 Å². The summed E-state index contributed by atoms with van der Waals surface area (Å²) in [6, 6.07) is 0.418. The average molecular weight is 210 g/mol. The number of primary amides is 1. The van der Waals surface area contributed by atoms with Crippen LogP contribution in [0.25, 0.3) is 0 Å². The lowest BCUT2D eigenvalue weighted by molar-refractivity contribution is -0.121. The molecule has 0 aliphatic heterocycles. The molecule has 0 spiro atoms. The smallest absolute Gasteiger partial charge is 0.234 e. The number of hydrogen-bond acceptors (Lipinski definition) is 2. The molecule has 0 saturated heterocycles. The molecule has 86 valence electrons. The van der Waals surface area contributed by atoms with E-state index >= 15 is 0 Å². The Kier molecular flexibility index (Phi) is 3.01. The largest absolute Gasteiger partial charge is 0.368 e. The number of carbonyl (C=O) groups is 1. The van der Waals surface area contributed by atoms with Gasteiger partial charge in [0.15, 0.2) is 0 Å². The molecule has 2 aliphatic rings. The number of nitrogens with one attached hydrogen (secondary N) is 1. The maximum absolute atomic E-state index is 11.3. The van der Waals surface area contributed by atoms with Crippen LogP contribution in [0.3, 0.4) is 0 Å². The third-order valence-electron chi connectivity index (χ3n) is 3.60. The van der Waals surface area contributed by atoms with E-state index in [2.05, 4.69) is 19.2 Å². The Morgan fingerprint density at radius 3 is 1.93 bits per heavy atom. The number of hydrogen-bond donors (Lipinski definition) is 2. The van der Waals surface area contributed by atoms with Crippen molar-refractivity contribution in [3.63, 3.8) is 0 Å². The molecule has 1 unspecified atom stereocenters. The second-order valence-corrected chi connectivity index (χ2v) is 5.49. The van der Waals surface area contributed by atoms with Gasteiger partial charge in [-0.25, -0.2) is 0 Å². The average Bonchev–Trinajstić information content (AvgIpc) is 2.99. The molecule has 15 heavy (non-hydrogen) atoms. The SMILES string of the molecule is CC(C)C(NC(C1CC1)C1CC1)C(N)=O. The van der Waals surface area contributed by atoms with Gasteiger partial charge in [0.05, 0.1) is 6.04 Å². The first-order valence-corrected chi connectivity index (χ1v) is 6.15. The standard InChI is InChI=1S/C12H22N2O/c1-7(2)10(12(13)15)14-11(8-3-4-8)9-5-6-9/h7-11,14H,3-6H2,1-2H3,(H2,13,15). The van der Waals surface area contributed by atoms with E-state index in [1.54, 1.807) is 0 Å². The lowest BCUT2D eigenvalue weighted by atomic mass is 9.99. The van der Waals surface area contributed by atoms with Crippen molar-refractivity contribution >= 4 is 5.91 Å².